The van der Waals surface area contributed by atoms with Crippen LogP contribution in [0.1, 0.15) is 19.3 Å². The Kier molecular flexibility index (Phi) is 4.72. The summed E-state index contributed by atoms with van der Waals surface area (Å²) in [5.41, 5.74) is 5.63. The Morgan fingerprint density at radius 1 is 1.33 bits per heavy atom. The number of carbonyl (C=O) groups is 1. The Balaban J connectivity index is 2.10. The smallest absolute Gasteiger partial charge is 0.404 e. The van der Waals surface area contributed by atoms with Crippen LogP contribution < -0.4 is 15.8 Å². The van der Waals surface area contributed by atoms with E-state index < -0.39 is 12.1 Å². The van der Waals surface area contributed by atoms with E-state index in [1.807, 2.05) is 0 Å². The molecule has 0 heterocycles. The van der Waals surface area contributed by atoms with Crippen molar-refractivity contribution in [3.63, 3.8) is 0 Å². The van der Waals surface area contributed by atoms with E-state index in [1.165, 1.54) is 18.2 Å². The summed E-state index contributed by atoms with van der Waals surface area (Å²) in [6, 6.07) is 5.49. The highest BCUT2D eigenvalue weighted by Crippen LogP contribution is 2.34. The average Bonchev–Trinajstić information content (AvgIpc) is 2.87. The van der Waals surface area contributed by atoms with Gasteiger partial charge in [0.15, 0.2) is 5.75 Å². The van der Waals surface area contributed by atoms with Crippen molar-refractivity contribution < 1.29 is 22.7 Å². The fourth-order valence-electron chi connectivity index (χ4n) is 2.67. The molecule has 2 rings (SSSR count). The van der Waals surface area contributed by atoms with Gasteiger partial charge in [-0.2, -0.15) is 0 Å². The van der Waals surface area contributed by atoms with Gasteiger partial charge in [-0.1, -0.05) is 18.6 Å². The lowest BCUT2D eigenvalue weighted by molar-refractivity contribution is -0.274. The van der Waals surface area contributed by atoms with Gasteiger partial charge in [0.2, 0.25) is 5.91 Å². The lowest BCUT2D eigenvalue weighted by Crippen LogP contribution is -2.30. The molecule has 116 valence electrons. The molecule has 0 aromatic heterocycles. The van der Waals surface area contributed by atoms with Crippen molar-refractivity contribution in [3.8, 4) is 5.75 Å². The minimum Gasteiger partial charge on any atom is -0.404 e. The standard InChI is InChI=1S/C14H17F3N2O2/c15-14(16,17)21-12-7-2-1-6-11(12)19-13(20)10-5-3-4-9(10)8-18/h1-2,6-7,9-10H,3-5,8,18H2,(H,19,20). The molecular formula is C14H17F3N2O2. The van der Waals surface area contributed by atoms with E-state index in [0.717, 1.165) is 18.9 Å². The van der Waals surface area contributed by atoms with Gasteiger partial charge >= 0.3 is 6.36 Å². The number of ether oxygens (including phenoxy) is 1. The first-order valence-corrected chi connectivity index (χ1v) is 6.76. The van der Waals surface area contributed by atoms with Gasteiger partial charge in [-0.05, 0) is 37.4 Å². The Hall–Kier alpha value is -1.76. The van der Waals surface area contributed by atoms with Crippen molar-refractivity contribution in [1.82, 2.24) is 0 Å². The van der Waals surface area contributed by atoms with Crippen LogP contribution in [0.2, 0.25) is 0 Å². The van der Waals surface area contributed by atoms with Gasteiger partial charge < -0.3 is 15.8 Å². The van der Waals surface area contributed by atoms with Crippen LogP contribution in [0.25, 0.3) is 0 Å². The molecule has 0 saturated heterocycles. The Morgan fingerprint density at radius 2 is 2.05 bits per heavy atom. The lowest BCUT2D eigenvalue weighted by atomic mass is 9.95. The second kappa shape index (κ2) is 6.34. The number of alkyl halides is 3. The van der Waals surface area contributed by atoms with E-state index in [2.05, 4.69) is 10.1 Å². The maximum Gasteiger partial charge on any atom is 0.573 e. The summed E-state index contributed by atoms with van der Waals surface area (Å²) in [4.78, 5) is 12.2. The van der Waals surface area contributed by atoms with Crippen molar-refractivity contribution in [3.05, 3.63) is 24.3 Å². The molecule has 7 heteroatoms. The third-order valence-electron chi connectivity index (χ3n) is 3.67. The normalized spacial score (nSPS) is 22.1. The highest BCUT2D eigenvalue weighted by Gasteiger charge is 2.34. The zero-order valence-electron chi connectivity index (χ0n) is 11.3. The molecule has 3 N–H and O–H groups in total. The van der Waals surface area contributed by atoms with Gasteiger partial charge in [-0.15, -0.1) is 13.2 Å². The maximum absolute atomic E-state index is 12.3. The van der Waals surface area contributed by atoms with E-state index in [9.17, 15) is 18.0 Å². The highest BCUT2D eigenvalue weighted by atomic mass is 19.4. The second-order valence-corrected chi connectivity index (χ2v) is 5.07. The summed E-state index contributed by atoms with van der Waals surface area (Å²) in [7, 11) is 0. The number of hydrogen-bond donors (Lipinski definition) is 2. The van der Waals surface area contributed by atoms with E-state index in [0.29, 0.717) is 13.0 Å². The number of hydrogen-bond acceptors (Lipinski definition) is 3. The molecular weight excluding hydrogens is 285 g/mol. The molecule has 1 aliphatic rings. The molecule has 0 bridgehead atoms. The number of para-hydroxylation sites is 2. The minimum atomic E-state index is -4.80. The fourth-order valence-corrected chi connectivity index (χ4v) is 2.67. The predicted octanol–water partition coefficient (Wildman–Crippen LogP) is 2.90. The monoisotopic (exact) mass is 302 g/mol. The van der Waals surface area contributed by atoms with Crippen molar-refractivity contribution in [2.45, 2.75) is 25.6 Å². The summed E-state index contributed by atoms with van der Waals surface area (Å²) in [6.07, 6.45) is -2.32. The van der Waals surface area contributed by atoms with E-state index in [-0.39, 0.29) is 23.4 Å². The highest BCUT2D eigenvalue weighted by molar-refractivity contribution is 5.94. The molecule has 1 saturated carbocycles. The van der Waals surface area contributed by atoms with E-state index in [4.69, 9.17) is 5.73 Å². The summed E-state index contributed by atoms with van der Waals surface area (Å²) < 4.78 is 40.9. The van der Waals surface area contributed by atoms with Crippen molar-refractivity contribution in [2.24, 2.45) is 17.6 Å². The first-order valence-electron chi connectivity index (χ1n) is 6.76. The van der Waals surface area contributed by atoms with Crippen molar-refractivity contribution >= 4 is 11.6 Å². The number of nitrogens with one attached hydrogen (secondary N) is 1. The molecule has 0 aliphatic heterocycles. The molecule has 0 spiro atoms. The number of amides is 1. The lowest BCUT2D eigenvalue weighted by Gasteiger charge is -2.19. The quantitative estimate of drug-likeness (QED) is 0.899. The Morgan fingerprint density at radius 3 is 2.71 bits per heavy atom. The molecule has 2 atom stereocenters. The largest absolute Gasteiger partial charge is 0.573 e. The van der Waals surface area contributed by atoms with Crippen LogP contribution in [0.15, 0.2) is 24.3 Å². The fraction of sp³-hybridized carbons (Fsp3) is 0.500. The van der Waals surface area contributed by atoms with Gasteiger partial charge in [0, 0.05) is 5.92 Å². The summed E-state index contributed by atoms with van der Waals surface area (Å²) in [5, 5.41) is 2.52. The van der Waals surface area contributed by atoms with Crippen molar-refractivity contribution in [1.29, 1.82) is 0 Å². The summed E-state index contributed by atoms with van der Waals surface area (Å²) in [5.74, 6) is -0.892. The van der Waals surface area contributed by atoms with Crippen LogP contribution in [-0.4, -0.2) is 18.8 Å². The summed E-state index contributed by atoms with van der Waals surface area (Å²) >= 11 is 0. The van der Waals surface area contributed by atoms with Gasteiger partial charge in [-0.25, -0.2) is 0 Å². The van der Waals surface area contributed by atoms with Crippen LogP contribution in [-0.2, 0) is 4.79 Å². The molecule has 2 unspecified atom stereocenters. The minimum absolute atomic E-state index is 0.0162. The number of anilines is 1. The van der Waals surface area contributed by atoms with Gasteiger partial charge in [0.25, 0.3) is 0 Å². The molecule has 1 amide bonds. The molecule has 0 radical (unpaired) electrons. The Bertz CT molecular complexity index is 505. The third kappa shape index (κ3) is 4.10. The molecule has 1 aliphatic carbocycles. The second-order valence-electron chi connectivity index (χ2n) is 5.07. The SMILES string of the molecule is NCC1CCCC1C(=O)Nc1ccccc1OC(F)(F)F. The zero-order valence-corrected chi connectivity index (χ0v) is 11.3. The molecule has 1 fully saturated rings. The van der Waals surface area contributed by atoms with Crippen LogP contribution in [0.3, 0.4) is 0 Å². The number of benzene rings is 1. The average molecular weight is 302 g/mol. The van der Waals surface area contributed by atoms with Gasteiger partial charge in [-0.3, -0.25) is 4.79 Å². The molecule has 1 aromatic carbocycles. The number of nitrogens with two attached hydrogens (primary N) is 1. The van der Waals surface area contributed by atoms with Crippen LogP contribution in [0, 0.1) is 11.8 Å². The maximum atomic E-state index is 12.3. The van der Waals surface area contributed by atoms with Gasteiger partial charge in [0.05, 0.1) is 5.69 Å². The van der Waals surface area contributed by atoms with Crippen LogP contribution in [0.5, 0.6) is 5.75 Å². The first-order chi connectivity index (χ1) is 9.90. The zero-order chi connectivity index (χ0) is 15.5. The Labute approximate surface area is 120 Å². The molecule has 21 heavy (non-hydrogen) atoms. The number of rotatable bonds is 4. The number of carbonyl (C=O) groups excluding carboxylic acids is 1. The van der Waals surface area contributed by atoms with E-state index >= 15 is 0 Å². The van der Waals surface area contributed by atoms with Gasteiger partial charge in [0.1, 0.15) is 0 Å². The van der Waals surface area contributed by atoms with E-state index in [1.54, 1.807) is 0 Å². The molecule has 1 aromatic rings. The topological polar surface area (TPSA) is 64.4 Å². The van der Waals surface area contributed by atoms with Crippen LogP contribution >= 0.6 is 0 Å². The number of halogens is 3. The van der Waals surface area contributed by atoms with Crippen LogP contribution in [0.4, 0.5) is 18.9 Å². The first kappa shape index (κ1) is 15.6. The van der Waals surface area contributed by atoms with Crippen molar-refractivity contribution in [2.75, 3.05) is 11.9 Å². The summed E-state index contributed by atoms with van der Waals surface area (Å²) in [6.45, 7) is 0.402. The molecule has 4 nitrogen and oxygen atoms in total. The third-order valence-corrected chi connectivity index (χ3v) is 3.67. The predicted molar refractivity (Wildman–Crippen MR) is 71.6 cm³/mol.